The van der Waals surface area contributed by atoms with Gasteiger partial charge in [-0.25, -0.2) is 9.59 Å². The molecule has 1 aromatic carbocycles. The Balaban J connectivity index is 2.54. The standard InChI is InChI=1S/C12H15N3O6/c1-21-7-10(11(16)17)14-12(18)13-6-8-3-2-4-9(5-8)15(19)20/h2-5,10H,6-7H2,1H3,(H,16,17)(H2,13,14,18). The van der Waals surface area contributed by atoms with E-state index in [1.165, 1.54) is 25.3 Å². The molecule has 1 rings (SSSR count). The molecule has 3 N–H and O–H groups in total. The molecule has 0 saturated heterocycles. The number of carbonyl (C=O) groups is 2. The molecule has 0 spiro atoms. The molecule has 21 heavy (non-hydrogen) atoms. The fraction of sp³-hybridized carbons (Fsp3) is 0.333. The van der Waals surface area contributed by atoms with E-state index in [-0.39, 0.29) is 18.8 Å². The van der Waals surface area contributed by atoms with Crippen molar-refractivity contribution in [1.82, 2.24) is 10.6 Å². The zero-order chi connectivity index (χ0) is 15.8. The Bertz CT molecular complexity index is 533. The summed E-state index contributed by atoms with van der Waals surface area (Å²) in [7, 11) is 1.32. The highest BCUT2D eigenvalue weighted by Gasteiger charge is 2.19. The number of urea groups is 1. The van der Waals surface area contributed by atoms with Crippen LogP contribution >= 0.6 is 0 Å². The van der Waals surface area contributed by atoms with Gasteiger partial charge in [-0.2, -0.15) is 0 Å². The van der Waals surface area contributed by atoms with Crippen LogP contribution in [0.5, 0.6) is 0 Å². The molecule has 1 aromatic rings. The van der Waals surface area contributed by atoms with Crippen molar-refractivity contribution in [2.24, 2.45) is 0 Å². The lowest BCUT2D eigenvalue weighted by atomic mass is 10.2. The largest absolute Gasteiger partial charge is 0.480 e. The lowest BCUT2D eigenvalue weighted by Gasteiger charge is -2.14. The molecule has 1 atom stereocenters. The van der Waals surface area contributed by atoms with Crippen LogP contribution in [-0.2, 0) is 16.1 Å². The number of non-ortho nitro benzene ring substituents is 1. The highest BCUT2D eigenvalue weighted by molar-refractivity contribution is 5.82. The monoisotopic (exact) mass is 297 g/mol. The summed E-state index contributed by atoms with van der Waals surface area (Å²) in [5, 5.41) is 24.1. The van der Waals surface area contributed by atoms with Crippen LogP contribution in [-0.4, -0.2) is 41.8 Å². The number of ether oxygens (including phenoxy) is 1. The first-order valence-corrected chi connectivity index (χ1v) is 5.93. The van der Waals surface area contributed by atoms with Crippen LogP contribution in [0, 0.1) is 10.1 Å². The van der Waals surface area contributed by atoms with Gasteiger partial charge in [0.1, 0.15) is 0 Å². The normalized spacial score (nSPS) is 11.5. The summed E-state index contributed by atoms with van der Waals surface area (Å²) in [6.45, 7) is -0.133. The van der Waals surface area contributed by atoms with Crippen LogP contribution in [0.4, 0.5) is 10.5 Å². The van der Waals surface area contributed by atoms with Gasteiger partial charge in [-0.3, -0.25) is 10.1 Å². The number of benzene rings is 1. The molecule has 114 valence electrons. The Hall–Kier alpha value is -2.68. The van der Waals surface area contributed by atoms with Crippen LogP contribution < -0.4 is 10.6 Å². The molecule has 0 aliphatic rings. The number of hydrogen-bond acceptors (Lipinski definition) is 5. The molecule has 0 saturated carbocycles. The second-order valence-electron chi connectivity index (χ2n) is 4.10. The van der Waals surface area contributed by atoms with E-state index in [4.69, 9.17) is 5.11 Å². The maximum atomic E-state index is 11.5. The van der Waals surface area contributed by atoms with Crippen molar-refractivity contribution in [3.05, 3.63) is 39.9 Å². The number of carbonyl (C=O) groups excluding carboxylic acids is 1. The van der Waals surface area contributed by atoms with E-state index >= 15 is 0 Å². The van der Waals surface area contributed by atoms with E-state index in [2.05, 4.69) is 15.4 Å². The maximum Gasteiger partial charge on any atom is 0.328 e. The summed E-state index contributed by atoms with van der Waals surface area (Å²) in [5.41, 5.74) is 0.440. The number of nitro benzene ring substituents is 1. The average Bonchev–Trinajstić information content (AvgIpc) is 2.45. The highest BCUT2D eigenvalue weighted by atomic mass is 16.6. The van der Waals surface area contributed by atoms with Crippen LogP contribution in [0.25, 0.3) is 0 Å². The van der Waals surface area contributed by atoms with Crippen LogP contribution in [0.3, 0.4) is 0 Å². The molecule has 0 heterocycles. The lowest BCUT2D eigenvalue weighted by Crippen LogP contribution is -2.48. The average molecular weight is 297 g/mol. The van der Waals surface area contributed by atoms with Crippen molar-refractivity contribution in [1.29, 1.82) is 0 Å². The minimum atomic E-state index is -1.22. The zero-order valence-electron chi connectivity index (χ0n) is 11.2. The molecule has 0 fully saturated rings. The Morgan fingerprint density at radius 2 is 2.19 bits per heavy atom. The van der Waals surface area contributed by atoms with E-state index in [0.29, 0.717) is 5.56 Å². The summed E-state index contributed by atoms with van der Waals surface area (Å²) >= 11 is 0. The number of nitro groups is 1. The Kier molecular flexibility index (Phi) is 6.08. The summed E-state index contributed by atoms with van der Waals surface area (Å²) < 4.78 is 4.67. The van der Waals surface area contributed by atoms with Gasteiger partial charge in [0.2, 0.25) is 0 Å². The van der Waals surface area contributed by atoms with Gasteiger partial charge >= 0.3 is 12.0 Å². The molecule has 0 aliphatic heterocycles. The predicted molar refractivity (Wildman–Crippen MR) is 71.8 cm³/mol. The molecule has 2 amide bonds. The molecule has 0 aliphatic carbocycles. The maximum absolute atomic E-state index is 11.5. The van der Waals surface area contributed by atoms with Crippen molar-refractivity contribution < 1.29 is 24.4 Å². The summed E-state index contributed by atoms with van der Waals surface area (Å²) in [4.78, 5) is 32.4. The second kappa shape index (κ2) is 7.80. The van der Waals surface area contributed by atoms with E-state index in [1.54, 1.807) is 6.07 Å². The number of nitrogens with zero attached hydrogens (tertiary/aromatic N) is 1. The molecule has 0 aromatic heterocycles. The van der Waals surface area contributed by atoms with Gasteiger partial charge in [-0.15, -0.1) is 0 Å². The van der Waals surface area contributed by atoms with Gasteiger partial charge in [0, 0.05) is 25.8 Å². The van der Waals surface area contributed by atoms with Crippen molar-refractivity contribution in [3.8, 4) is 0 Å². The topological polar surface area (TPSA) is 131 Å². The number of amides is 2. The van der Waals surface area contributed by atoms with Crippen molar-refractivity contribution in [2.45, 2.75) is 12.6 Å². The fourth-order valence-electron chi connectivity index (χ4n) is 1.51. The zero-order valence-corrected chi connectivity index (χ0v) is 11.2. The van der Waals surface area contributed by atoms with Gasteiger partial charge in [0.25, 0.3) is 5.69 Å². The Morgan fingerprint density at radius 3 is 2.76 bits per heavy atom. The summed E-state index contributed by atoms with van der Waals surface area (Å²) in [5.74, 6) is -1.22. The second-order valence-corrected chi connectivity index (χ2v) is 4.10. The van der Waals surface area contributed by atoms with E-state index < -0.39 is 23.0 Å². The smallest absolute Gasteiger partial charge is 0.328 e. The number of hydrogen-bond donors (Lipinski definition) is 3. The molecule has 0 radical (unpaired) electrons. The molecular formula is C12H15N3O6. The van der Waals surface area contributed by atoms with Gasteiger partial charge in [-0.1, -0.05) is 12.1 Å². The van der Waals surface area contributed by atoms with Crippen molar-refractivity contribution in [3.63, 3.8) is 0 Å². The SMILES string of the molecule is COCC(NC(=O)NCc1cccc([N+](=O)[O-])c1)C(=O)O. The van der Waals surface area contributed by atoms with Gasteiger partial charge in [-0.05, 0) is 5.56 Å². The van der Waals surface area contributed by atoms with Crippen LogP contribution in [0.2, 0.25) is 0 Å². The van der Waals surface area contributed by atoms with E-state index in [0.717, 1.165) is 0 Å². The quantitative estimate of drug-likeness (QED) is 0.496. The number of carboxylic acids is 1. The molecular weight excluding hydrogens is 282 g/mol. The van der Waals surface area contributed by atoms with Gasteiger partial charge in [0.05, 0.1) is 11.5 Å². The van der Waals surface area contributed by atoms with Crippen molar-refractivity contribution >= 4 is 17.7 Å². The minimum Gasteiger partial charge on any atom is -0.480 e. The van der Waals surface area contributed by atoms with Crippen LogP contribution in [0.1, 0.15) is 5.56 Å². The molecule has 9 nitrogen and oxygen atoms in total. The predicted octanol–water partition coefficient (Wildman–Crippen LogP) is 0.494. The van der Waals surface area contributed by atoms with Gasteiger partial charge < -0.3 is 20.5 Å². The number of aliphatic carboxylic acids is 1. The third-order valence-electron chi connectivity index (χ3n) is 2.51. The Morgan fingerprint density at radius 1 is 1.48 bits per heavy atom. The third kappa shape index (κ3) is 5.45. The Labute approximate surface area is 120 Å². The van der Waals surface area contributed by atoms with E-state index in [9.17, 15) is 19.7 Å². The molecule has 0 bridgehead atoms. The number of nitrogens with one attached hydrogen (secondary N) is 2. The van der Waals surface area contributed by atoms with Crippen LogP contribution in [0.15, 0.2) is 24.3 Å². The summed E-state index contributed by atoms with van der Waals surface area (Å²) in [6.07, 6.45) is 0. The molecule has 9 heteroatoms. The minimum absolute atomic E-state index is 0.0346. The first-order valence-electron chi connectivity index (χ1n) is 5.93. The number of methoxy groups -OCH3 is 1. The third-order valence-corrected chi connectivity index (χ3v) is 2.51. The van der Waals surface area contributed by atoms with E-state index in [1.807, 2.05) is 0 Å². The van der Waals surface area contributed by atoms with Crippen molar-refractivity contribution in [2.75, 3.05) is 13.7 Å². The summed E-state index contributed by atoms with van der Waals surface area (Å²) in [6, 6.07) is 3.90. The molecule has 1 unspecified atom stereocenters. The number of rotatable bonds is 7. The van der Waals surface area contributed by atoms with Gasteiger partial charge in [0.15, 0.2) is 6.04 Å². The fourth-order valence-corrected chi connectivity index (χ4v) is 1.51. The lowest BCUT2D eigenvalue weighted by molar-refractivity contribution is -0.384. The first-order chi connectivity index (χ1) is 9.93. The highest BCUT2D eigenvalue weighted by Crippen LogP contribution is 2.12. The number of carboxylic acid groups (broad SMARTS) is 1. The first kappa shape index (κ1) is 16.4.